The molecule has 1 aliphatic heterocycles. The van der Waals surface area contributed by atoms with Crippen LogP contribution in [0.15, 0.2) is 53.6 Å². The van der Waals surface area contributed by atoms with Crippen LogP contribution in [0.4, 0.5) is 0 Å². The molecule has 0 saturated heterocycles. The lowest BCUT2D eigenvalue weighted by atomic mass is 9.98. The third-order valence-electron chi connectivity index (χ3n) is 7.19. The van der Waals surface area contributed by atoms with Crippen LogP contribution in [0.25, 0.3) is 22.7 Å². The number of fused-ring (bicyclic) bond motifs is 2. The molecule has 0 bridgehead atoms. The first-order valence-electron chi connectivity index (χ1n) is 12.5. The van der Waals surface area contributed by atoms with Crippen molar-refractivity contribution < 1.29 is 4.79 Å². The van der Waals surface area contributed by atoms with Gasteiger partial charge in [0, 0.05) is 29.9 Å². The average molecular weight is 562 g/mol. The number of hydrogen-bond donors (Lipinski definition) is 0. The maximum Gasteiger partial charge on any atom is 0.263 e. The van der Waals surface area contributed by atoms with Gasteiger partial charge in [0.25, 0.3) is 11.5 Å². The van der Waals surface area contributed by atoms with Gasteiger partial charge in [0.2, 0.25) is 5.95 Å². The topological polar surface area (TPSA) is 90.8 Å². The molecule has 0 fully saturated rings. The van der Waals surface area contributed by atoms with Gasteiger partial charge in [0.15, 0.2) is 0 Å². The molecule has 1 amide bonds. The van der Waals surface area contributed by atoms with E-state index in [0.717, 1.165) is 22.4 Å². The van der Waals surface area contributed by atoms with Crippen molar-refractivity contribution in [3.05, 3.63) is 97.4 Å². The van der Waals surface area contributed by atoms with Crippen LogP contribution in [-0.2, 0) is 20.0 Å². The van der Waals surface area contributed by atoms with Crippen molar-refractivity contribution in [3.63, 3.8) is 0 Å². The second-order valence-electron chi connectivity index (χ2n) is 9.96. The Labute approximate surface area is 234 Å². The first-order valence-corrected chi connectivity index (χ1v) is 13.2. The zero-order valence-corrected chi connectivity index (χ0v) is 23.3. The normalized spacial score (nSPS) is 15.1. The van der Waals surface area contributed by atoms with Crippen molar-refractivity contribution in [2.24, 2.45) is 7.05 Å². The van der Waals surface area contributed by atoms with Gasteiger partial charge in [-0.1, -0.05) is 23.2 Å². The van der Waals surface area contributed by atoms with E-state index < -0.39 is 0 Å². The molecule has 1 aliphatic rings. The number of imidazole rings is 1. The molecule has 0 spiro atoms. The highest BCUT2D eigenvalue weighted by Gasteiger charge is 2.32. The summed E-state index contributed by atoms with van der Waals surface area (Å²) in [5.74, 6) is 0.155. The minimum Gasteiger partial charge on any atom is -0.334 e. The molecule has 0 N–H and O–H groups in total. The van der Waals surface area contributed by atoms with E-state index in [-0.39, 0.29) is 24.1 Å². The fourth-order valence-corrected chi connectivity index (χ4v) is 5.48. The molecule has 0 saturated carbocycles. The number of amides is 1. The van der Waals surface area contributed by atoms with Gasteiger partial charge >= 0.3 is 0 Å². The molecule has 0 aliphatic carbocycles. The Morgan fingerprint density at radius 3 is 2.56 bits per heavy atom. The van der Waals surface area contributed by atoms with Crippen molar-refractivity contribution in [1.29, 1.82) is 0 Å². The van der Waals surface area contributed by atoms with Crippen LogP contribution in [-0.4, -0.2) is 45.7 Å². The van der Waals surface area contributed by atoms with Crippen LogP contribution in [0.3, 0.4) is 0 Å². The van der Waals surface area contributed by atoms with Crippen molar-refractivity contribution in [2.45, 2.75) is 39.8 Å². The Hall–Kier alpha value is -3.95. The molecular weight excluding hydrogens is 537 g/mol. The number of carbonyl (C=O) groups excluding carboxylic acids is 1. The standard InChI is InChI=1S/C28H25Cl2N7O2/c1-15-9-17(3)37(33-15)28-32-24-13-35(26(38)18-5-7-21(29)22(30)11-18)16(2)10-20(24)27(39)36(28)19-6-8-25-23(12-19)31-14-34(25)4/h5-9,11-12,14,16H,10,13H2,1-4H3/t16-/m1/s1. The van der Waals surface area contributed by atoms with Gasteiger partial charge in [-0.2, -0.15) is 5.10 Å². The monoisotopic (exact) mass is 561 g/mol. The van der Waals surface area contributed by atoms with Gasteiger partial charge in [0.1, 0.15) is 0 Å². The first-order chi connectivity index (χ1) is 18.6. The first kappa shape index (κ1) is 25.3. The lowest BCUT2D eigenvalue weighted by molar-refractivity contribution is 0.0653. The average Bonchev–Trinajstić information content (AvgIpc) is 3.45. The van der Waals surface area contributed by atoms with E-state index in [2.05, 4.69) is 10.1 Å². The molecule has 39 heavy (non-hydrogen) atoms. The van der Waals surface area contributed by atoms with Crippen molar-refractivity contribution >= 4 is 40.1 Å². The zero-order chi connectivity index (χ0) is 27.6. The summed E-state index contributed by atoms with van der Waals surface area (Å²) < 4.78 is 5.19. The van der Waals surface area contributed by atoms with Crippen LogP contribution in [0.1, 0.15) is 39.9 Å². The van der Waals surface area contributed by atoms with E-state index in [1.807, 2.05) is 56.7 Å². The lowest BCUT2D eigenvalue weighted by Gasteiger charge is -2.34. The predicted octanol–water partition coefficient (Wildman–Crippen LogP) is 4.82. The Balaban J connectivity index is 1.51. The maximum atomic E-state index is 14.2. The van der Waals surface area contributed by atoms with Crippen molar-refractivity contribution in [3.8, 4) is 11.6 Å². The van der Waals surface area contributed by atoms with Crippen LogP contribution in [0.5, 0.6) is 0 Å². The molecule has 5 aromatic rings. The van der Waals surface area contributed by atoms with E-state index in [1.165, 1.54) is 0 Å². The molecule has 9 nitrogen and oxygen atoms in total. The summed E-state index contributed by atoms with van der Waals surface area (Å²) >= 11 is 12.2. The Morgan fingerprint density at radius 2 is 1.85 bits per heavy atom. The van der Waals surface area contributed by atoms with E-state index >= 15 is 0 Å². The molecule has 3 aromatic heterocycles. The predicted molar refractivity (Wildman–Crippen MR) is 150 cm³/mol. The summed E-state index contributed by atoms with van der Waals surface area (Å²) in [7, 11) is 1.93. The van der Waals surface area contributed by atoms with Crippen molar-refractivity contribution in [1.82, 2.24) is 33.8 Å². The van der Waals surface area contributed by atoms with Gasteiger partial charge in [-0.3, -0.25) is 9.59 Å². The van der Waals surface area contributed by atoms with E-state index in [1.54, 1.807) is 38.7 Å². The highest BCUT2D eigenvalue weighted by atomic mass is 35.5. The van der Waals surface area contributed by atoms with Gasteiger partial charge < -0.3 is 9.47 Å². The second-order valence-corrected chi connectivity index (χ2v) is 10.8. The molecule has 11 heteroatoms. The third-order valence-corrected chi connectivity index (χ3v) is 7.93. The molecular formula is C28H25Cl2N7O2. The summed E-state index contributed by atoms with van der Waals surface area (Å²) in [4.78, 5) is 38.8. The maximum absolute atomic E-state index is 14.2. The molecule has 2 aromatic carbocycles. The van der Waals surface area contributed by atoms with E-state index in [4.69, 9.17) is 28.2 Å². The summed E-state index contributed by atoms with van der Waals surface area (Å²) in [6.07, 6.45) is 2.10. The number of carbonyl (C=O) groups is 1. The number of hydrogen-bond acceptors (Lipinski definition) is 5. The van der Waals surface area contributed by atoms with Gasteiger partial charge in [-0.25, -0.2) is 19.2 Å². The molecule has 1 atom stereocenters. The zero-order valence-electron chi connectivity index (χ0n) is 21.8. The lowest BCUT2D eigenvalue weighted by Crippen LogP contribution is -2.46. The van der Waals surface area contributed by atoms with E-state index in [9.17, 15) is 9.59 Å². The number of rotatable bonds is 3. The summed E-state index contributed by atoms with van der Waals surface area (Å²) in [6.45, 7) is 5.91. The number of aromatic nitrogens is 6. The minimum absolute atomic E-state index is 0.178. The molecule has 6 rings (SSSR count). The second kappa shape index (κ2) is 9.36. The minimum atomic E-state index is -0.236. The Kier molecular flexibility index (Phi) is 6.08. The number of benzene rings is 2. The largest absolute Gasteiger partial charge is 0.334 e. The van der Waals surface area contributed by atoms with Gasteiger partial charge in [-0.15, -0.1) is 0 Å². The summed E-state index contributed by atoms with van der Waals surface area (Å²) in [5.41, 5.74) is 5.36. The molecule has 198 valence electrons. The Bertz CT molecular complexity index is 1850. The fourth-order valence-electron chi connectivity index (χ4n) is 5.18. The van der Waals surface area contributed by atoms with Crippen LogP contribution < -0.4 is 5.56 Å². The molecule has 4 heterocycles. The third kappa shape index (κ3) is 4.22. The van der Waals surface area contributed by atoms with E-state index in [0.29, 0.717) is 44.9 Å². The molecule has 0 radical (unpaired) electrons. The molecule has 0 unspecified atom stereocenters. The number of nitrogens with zero attached hydrogens (tertiary/aromatic N) is 7. The quantitative estimate of drug-likeness (QED) is 0.315. The van der Waals surface area contributed by atoms with Crippen molar-refractivity contribution in [2.75, 3.05) is 0 Å². The Morgan fingerprint density at radius 1 is 1.05 bits per heavy atom. The smallest absolute Gasteiger partial charge is 0.263 e. The number of halogens is 2. The fraction of sp³-hybridized carbons (Fsp3) is 0.250. The highest BCUT2D eigenvalue weighted by Crippen LogP contribution is 2.28. The highest BCUT2D eigenvalue weighted by molar-refractivity contribution is 6.42. The van der Waals surface area contributed by atoms with Crippen LogP contribution in [0, 0.1) is 13.8 Å². The van der Waals surface area contributed by atoms with Crippen LogP contribution in [0.2, 0.25) is 10.0 Å². The summed E-state index contributed by atoms with van der Waals surface area (Å²) in [5, 5.41) is 5.32. The van der Waals surface area contributed by atoms with Gasteiger partial charge in [0.05, 0.1) is 51.0 Å². The number of aryl methyl sites for hydroxylation is 3. The van der Waals surface area contributed by atoms with Crippen LogP contribution >= 0.6 is 23.2 Å². The SMILES string of the molecule is Cc1cc(C)n(-c2nc3c(c(=O)n2-c2ccc4c(c2)ncn4C)C[C@@H](C)N(C(=O)c2ccc(Cl)c(Cl)c2)C3)n1. The summed E-state index contributed by atoms with van der Waals surface area (Å²) in [6, 6.07) is 12.2. The van der Waals surface area contributed by atoms with Gasteiger partial charge in [-0.05, 0) is 69.7 Å².